The van der Waals surface area contributed by atoms with Crippen LogP contribution in [0.3, 0.4) is 0 Å². The number of aromatic nitrogens is 1. The molecule has 0 aliphatic heterocycles. The van der Waals surface area contributed by atoms with Crippen LogP contribution in [0.5, 0.6) is 0 Å². The van der Waals surface area contributed by atoms with E-state index in [9.17, 15) is 9.59 Å². The van der Waals surface area contributed by atoms with Crippen molar-refractivity contribution in [1.82, 2.24) is 10.3 Å². The largest absolute Gasteiger partial charge is 0.477 e. The third-order valence-corrected chi connectivity index (χ3v) is 1.83. The molecule has 0 atom stereocenters. The summed E-state index contributed by atoms with van der Waals surface area (Å²) in [5, 5.41) is 11.3. The smallest absolute Gasteiger partial charge is 0.354 e. The molecular weight excluding hydrogens is 208 g/mol. The van der Waals surface area contributed by atoms with E-state index in [0.717, 1.165) is 5.56 Å². The van der Waals surface area contributed by atoms with Crippen LogP contribution in [-0.4, -0.2) is 22.0 Å². The summed E-state index contributed by atoms with van der Waals surface area (Å²) >= 11 is 0. The number of hydrogen-bond donors (Lipinski definition) is 2. The average molecular weight is 220 g/mol. The van der Waals surface area contributed by atoms with Gasteiger partial charge in [0.15, 0.2) is 0 Å². The first-order valence-electron chi connectivity index (χ1n) is 4.72. The van der Waals surface area contributed by atoms with Gasteiger partial charge in [-0.25, -0.2) is 9.78 Å². The summed E-state index contributed by atoms with van der Waals surface area (Å²) in [5.74, 6) is -1.26. The Morgan fingerprint density at radius 1 is 1.50 bits per heavy atom. The Morgan fingerprint density at radius 3 is 2.75 bits per heavy atom. The number of carbonyl (C=O) groups excluding carboxylic acids is 1. The van der Waals surface area contributed by atoms with Crippen LogP contribution in [0.25, 0.3) is 0 Å². The Labute approximate surface area is 92.8 Å². The molecule has 0 aliphatic carbocycles. The van der Waals surface area contributed by atoms with Gasteiger partial charge in [0.1, 0.15) is 5.69 Å². The van der Waals surface area contributed by atoms with Crippen molar-refractivity contribution in [2.24, 2.45) is 0 Å². The van der Waals surface area contributed by atoms with Crippen molar-refractivity contribution < 1.29 is 14.7 Å². The van der Waals surface area contributed by atoms with Gasteiger partial charge in [-0.3, -0.25) is 4.79 Å². The number of carboxylic acid groups (broad SMARTS) is 1. The van der Waals surface area contributed by atoms with Crippen LogP contribution in [0, 0.1) is 0 Å². The maximum atomic E-state index is 11.1. The van der Waals surface area contributed by atoms with Crippen molar-refractivity contribution in [2.75, 3.05) is 0 Å². The summed E-state index contributed by atoms with van der Waals surface area (Å²) < 4.78 is 0. The lowest BCUT2D eigenvalue weighted by molar-refractivity contribution is -0.116. The molecule has 1 aromatic heterocycles. The van der Waals surface area contributed by atoms with Crippen molar-refractivity contribution in [1.29, 1.82) is 0 Å². The molecule has 0 spiro atoms. The second-order valence-corrected chi connectivity index (χ2v) is 3.07. The van der Waals surface area contributed by atoms with Crippen LogP contribution in [0.15, 0.2) is 30.5 Å². The van der Waals surface area contributed by atoms with Crippen molar-refractivity contribution in [3.05, 3.63) is 41.7 Å². The number of carbonyl (C=O) groups is 2. The highest BCUT2D eigenvalue weighted by molar-refractivity contribution is 5.87. The van der Waals surface area contributed by atoms with Crippen molar-refractivity contribution >= 4 is 11.9 Å². The zero-order valence-electron chi connectivity index (χ0n) is 8.80. The SMILES string of the molecule is C/C=C/C(=O)NCc1ccc(C(=O)O)nc1. The molecule has 5 heteroatoms. The Bertz CT molecular complexity index is 410. The molecule has 5 nitrogen and oxygen atoms in total. The second-order valence-electron chi connectivity index (χ2n) is 3.07. The van der Waals surface area contributed by atoms with Crippen LogP contribution in [-0.2, 0) is 11.3 Å². The minimum atomic E-state index is -1.07. The van der Waals surface area contributed by atoms with Gasteiger partial charge < -0.3 is 10.4 Å². The Morgan fingerprint density at radius 2 is 2.25 bits per heavy atom. The van der Waals surface area contributed by atoms with Crippen LogP contribution in [0.2, 0.25) is 0 Å². The van der Waals surface area contributed by atoms with Gasteiger partial charge in [-0.15, -0.1) is 0 Å². The number of carboxylic acids is 1. The minimum absolute atomic E-state index is 0.0106. The number of amides is 1. The molecule has 1 aromatic rings. The quantitative estimate of drug-likeness (QED) is 0.741. The van der Waals surface area contributed by atoms with E-state index >= 15 is 0 Å². The fourth-order valence-corrected chi connectivity index (χ4v) is 1.06. The van der Waals surface area contributed by atoms with E-state index in [1.165, 1.54) is 18.3 Å². The lowest BCUT2D eigenvalue weighted by Gasteiger charge is -2.02. The molecule has 0 aliphatic rings. The third kappa shape index (κ3) is 3.53. The van der Waals surface area contributed by atoms with E-state index in [0.29, 0.717) is 6.54 Å². The van der Waals surface area contributed by atoms with Gasteiger partial charge in [0.25, 0.3) is 0 Å². The monoisotopic (exact) mass is 220 g/mol. The first-order valence-corrected chi connectivity index (χ1v) is 4.72. The molecule has 1 rings (SSSR count). The summed E-state index contributed by atoms with van der Waals surface area (Å²) in [7, 11) is 0. The fourth-order valence-electron chi connectivity index (χ4n) is 1.06. The maximum absolute atomic E-state index is 11.1. The van der Waals surface area contributed by atoms with Gasteiger partial charge >= 0.3 is 5.97 Å². The minimum Gasteiger partial charge on any atom is -0.477 e. The van der Waals surface area contributed by atoms with Gasteiger partial charge in [0.05, 0.1) is 0 Å². The highest BCUT2D eigenvalue weighted by Gasteiger charge is 2.03. The number of aromatic carboxylic acids is 1. The number of nitrogens with zero attached hydrogens (tertiary/aromatic N) is 1. The van der Waals surface area contributed by atoms with Crippen molar-refractivity contribution in [3.8, 4) is 0 Å². The van der Waals surface area contributed by atoms with Crippen molar-refractivity contribution in [3.63, 3.8) is 0 Å². The molecule has 84 valence electrons. The zero-order valence-corrected chi connectivity index (χ0v) is 8.80. The first kappa shape index (κ1) is 11.9. The van der Waals surface area contributed by atoms with Gasteiger partial charge in [0.2, 0.25) is 5.91 Å². The van der Waals surface area contributed by atoms with E-state index in [-0.39, 0.29) is 11.6 Å². The molecule has 0 saturated carbocycles. The number of hydrogen-bond acceptors (Lipinski definition) is 3. The highest BCUT2D eigenvalue weighted by Crippen LogP contribution is 2.00. The molecule has 1 heterocycles. The average Bonchev–Trinajstić information content (AvgIpc) is 2.27. The Balaban J connectivity index is 2.56. The van der Waals surface area contributed by atoms with Crippen LogP contribution >= 0.6 is 0 Å². The van der Waals surface area contributed by atoms with Crippen LogP contribution in [0.4, 0.5) is 0 Å². The predicted octanol–water partition coefficient (Wildman–Crippen LogP) is 0.972. The molecular formula is C11H12N2O3. The summed E-state index contributed by atoms with van der Waals surface area (Å²) in [6.07, 6.45) is 4.49. The number of allylic oxidation sites excluding steroid dienone is 1. The van der Waals surface area contributed by atoms with E-state index in [1.807, 2.05) is 0 Å². The van der Waals surface area contributed by atoms with Crippen LogP contribution < -0.4 is 5.32 Å². The molecule has 0 bridgehead atoms. The normalized spacial score (nSPS) is 10.3. The number of rotatable bonds is 4. The first-order chi connectivity index (χ1) is 7.63. The van der Waals surface area contributed by atoms with E-state index < -0.39 is 5.97 Å². The third-order valence-electron chi connectivity index (χ3n) is 1.83. The summed E-state index contributed by atoms with van der Waals surface area (Å²) in [5.41, 5.74) is 0.742. The topological polar surface area (TPSA) is 79.3 Å². The summed E-state index contributed by atoms with van der Waals surface area (Å²) in [4.78, 5) is 25.3. The molecule has 0 fully saturated rings. The second kappa shape index (κ2) is 5.65. The predicted molar refractivity (Wildman–Crippen MR) is 57.9 cm³/mol. The van der Waals surface area contributed by atoms with Gasteiger partial charge in [-0.05, 0) is 24.6 Å². The molecule has 1 amide bonds. The van der Waals surface area contributed by atoms with Gasteiger partial charge in [0, 0.05) is 12.7 Å². The zero-order chi connectivity index (χ0) is 12.0. The summed E-state index contributed by atoms with van der Waals surface area (Å²) in [6.45, 7) is 2.08. The lowest BCUT2D eigenvalue weighted by atomic mass is 10.2. The molecule has 0 saturated heterocycles. The molecule has 0 unspecified atom stereocenters. The van der Waals surface area contributed by atoms with E-state index in [1.54, 1.807) is 19.1 Å². The highest BCUT2D eigenvalue weighted by atomic mass is 16.4. The number of nitrogens with one attached hydrogen (secondary N) is 1. The van der Waals surface area contributed by atoms with Gasteiger partial charge in [-0.1, -0.05) is 12.1 Å². The van der Waals surface area contributed by atoms with E-state index in [2.05, 4.69) is 10.3 Å². The number of pyridine rings is 1. The van der Waals surface area contributed by atoms with Crippen LogP contribution in [0.1, 0.15) is 23.0 Å². The lowest BCUT2D eigenvalue weighted by Crippen LogP contribution is -2.20. The van der Waals surface area contributed by atoms with Gasteiger partial charge in [-0.2, -0.15) is 0 Å². The van der Waals surface area contributed by atoms with E-state index in [4.69, 9.17) is 5.11 Å². The maximum Gasteiger partial charge on any atom is 0.354 e. The molecule has 16 heavy (non-hydrogen) atoms. The fraction of sp³-hybridized carbons (Fsp3) is 0.182. The summed E-state index contributed by atoms with van der Waals surface area (Å²) in [6, 6.07) is 3.02. The molecule has 0 radical (unpaired) electrons. The standard InChI is InChI=1S/C11H12N2O3/c1-2-3-10(14)13-7-8-4-5-9(11(15)16)12-6-8/h2-6H,7H2,1H3,(H,13,14)(H,15,16)/b3-2+. The van der Waals surface area contributed by atoms with Crippen molar-refractivity contribution in [2.45, 2.75) is 13.5 Å². The Kier molecular flexibility index (Phi) is 4.20. The Hall–Kier alpha value is -2.17. The molecule has 0 aromatic carbocycles. The molecule has 2 N–H and O–H groups in total.